The summed E-state index contributed by atoms with van der Waals surface area (Å²) in [5.41, 5.74) is 6.10. The van der Waals surface area contributed by atoms with Crippen molar-refractivity contribution in [2.24, 2.45) is 16.6 Å². The fourth-order valence-electron chi connectivity index (χ4n) is 3.13. The van der Waals surface area contributed by atoms with E-state index in [1.54, 1.807) is 0 Å². The highest BCUT2D eigenvalue weighted by Crippen LogP contribution is 2.31. The molecule has 0 aromatic heterocycles. The van der Waals surface area contributed by atoms with Crippen LogP contribution in [0.15, 0.2) is 4.99 Å². The van der Waals surface area contributed by atoms with Gasteiger partial charge < -0.3 is 20.3 Å². The zero-order valence-corrected chi connectivity index (χ0v) is 11.9. The van der Waals surface area contributed by atoms with Crippen molar-refractivity contribution in [1.82, 2.24) is 9.80 Å². The molecule has 2 saturated heterocycles. The lowest BCUT2D eigenvalue weighted by molar-refractivity contribution is 0.00528. The molecule has 2 aliphatic heterocycles. The Bertz CT molecular complexity index is 342. The molecular weight excluding hydrogens is 240 g/mol. The number of likely N-dealkylation sites (tertiary alicyclic amines) is 1. The molecule has 3 aliphatic rings. The molecule has 5 nitrogen and oxygen atoms in total. The van der Waals surface area contributed by atoms with Crippen LogP contribution < -0.4 is 5.73 Å². The van der Waals surface area contributed by atoms with Gasteiger partial charge in [-0.2, -0.15) is 0 Å². The molecule has 2 heterocycles. The van der Waals surface area contributed by atoms with E-state index < -0.39 is 0 Å². The molecule has 3 rings (SSSR count). The fourth-order valence-corrected chi connectivity index (χ4v) is 3.13. The molecule has 1 aliphatic carbocycles. The van der Waals surface area contributed by atoms with Crippen LogP contribution in [0, 0.1) is 5.92 Å². The van der Waals surface area contributed by atoms with Gasteiger partial charge in [-0.3, -0.25) is 4.99 Å². The van der Waals surface area contributed by atoms with E-state index in [0.29, 0.717) is 11.9 Å². The van der Waals surface area contributed by atoms with Gasteiger partial charge in [-0.1, -0.05) is 0 Å². The molecule has 108 valence electrons. The lowest BCUT2D eigenvalue weighted by atomic mass is 10.1. The lowest BCUT2D eigenvalue weighted by Crippen LogP contribution is -2.48. The number of hydrogen-bond donors (Lipinski definition) is 1. The smallest absolute Gasteiger partial charge is 0.191 e. The maximum absolute atomic E-state index is 6.10. The van der Waals surface area contributed by atoms with E-state index in [9.17, 15) is 0 Å². The van der Waals surface area contributed by atoms with E-state index in [2.05, 4.69) is 21.7 Å². The molecule has 0 amide bonds. The van der Waals surface area contributed by atoms with E-state index in [4.69, 9.17) is 10.5 Å². The van der Waals surface area contributed by atoms with E-state index in [1.807, 2.05) is 0 Å². The van der Waals surface area contributed by atoms with Gasteiger partial charge in [-0.15, -0.1) is 0 Å². The molecule has 1 saturated carbocycles. The maximum atomic E-state index is 6.10. The summed E-state index contributed by atoms with van der Waals surface area (Å²) in [5, 5.41) is 0. The van der Waals surface area contributed by atoms with Crippen LogP contribution in [-0.4, -0.2) is 67.2 Å². The number of morpholine rings is 1. The van der Waals surface area contributed by atoms with Crippen LogP contribution in [0.3, 0.4) is 0 Å². The highest BCUT2D eigenvalue weighted by Gasteiger charge is 2.34. The first-order valence-electron chi connectivity index (χ1n) is 7.63. The molecule has 2 unspecified atom stereocenters. The van der Waals surface area contributed by atoms with E-state index >= 15 is 0 Å². The van der Waals surface area contributed by atoms with Crippen molar-refractivity contribution in [3.8, 4) is 0 Å². The van der Waals surface area contributed by atoms with Crippen LogP contribution in [0.2, 0.25) is 0 Å². The first-order chi connectivity index (χ1) is 9.22. The second-order valence-corrected chi connectivity index (χ2v) is 6.21. The van der Waals surface area contributed by atoms with Gasteiger partial charge in [0.15, 0.2) is 5.96 Å². The van der Waals surface area contributed by atoms with E-state index in [1.165, 1.54) is 32.4 Å². The molecule has 3 fully saturated rings. The first kappa shape index (κ1) is 13.2. The minimum atomic E-state index is 0.263. The minimum Gasteiger partial charge on any atom is -0.375 e. The second-order valence-electron chi connectivity index (χ2n) is 6.21. The molecule has 5 heteroatoms. The van der Waals surface area contributed by atoms with Gasteiger partial charge in [0.05, 0.1) is 12.7 Å². The average molecular weight is 266 g/mol. The third kappa shape index (κ3) is 3.39. The Hall–Kier alpha value is -0.810. The third-order valence-corrected chi connectivity index (χ3v) is 4.46. The Kier molecular flexibility index (Phi) is 3.93. The molecular formula is C14H26N4O. The van der Waals surface area contributed by atoms with Gasteiger partial charge in [0.25, 0.3) is 0 Å². The van der Waals surface area contributed by atoms with Crippen LogP contribution >= 0.6 is 0 Å². The Morgan fingerprint density at radius 3 is 2.84 bits per heavy atom. The number of nitrogens with two attached hydrogens (primary N) is 1. The predicted octanol–water partition coefficient (Wildman–Crippen LogP) is 0.506. The van der Waals surface area contributed by atoms with Gasteiger partial charge in [-0.25, -0.2) is 0 Å². The summed E-state index contributed by atoms with van der Waals surface area (Å²) in [6.07, 6.45) is 4.36. The molecule has 0 aromatic carbocycles. The lowest BCUT2D eigenvalue weighted by Gasteiger charge is -2.32. The summed E-state index contributed by atoms with van der Waals surface area (Å²) in [6.45, 7) is 7.97. The Labute approximate surface area is 115 Å². The van der Waals surface area contributed by atoms with Gasteiger partial charge in [0.1, 0.15) is 0 Å². The van der Waals surface area contributed by atoms with Crippen molar-refractivity contribution in [3.63, 3.8) is 0 Å². The number of rotatable bonds is 3. The van der Waals surface area contributed by atoms with Gasteiger partial charge in [-0.05, 0) is 38.6 Å². The SMILES string of the molecule is CC1CN(C(N)=NCC2CCN(C3CC3)C2)CCO1. The molecule has 19 heavy (non-hydrogen) atoms. The van der Waals surface area contributed by atoms with Crippen LogP contribution in [0.1, 0.15) is 26.2 Å². The molecule has 0 radical (unpaired) electrons. The number of aliphatic imine (C=N–C) groups is 1. The van der Waals surface area contributed by atoms with E-state index in [0.717, 1.165) is 32.3 Å². The summed E-state index contributed by atoms with van der Waals surface area (Å²) < 4.78 is 5.52. The number of guanidine groups is 1. The van der Waals surface area contributed by atoms with E-state index in [-0.39, 0.29) is 6.10 Å². The Balaban J connectivity index is 1.45. The van der Waals surface area contributed by atoms with Crippen LogP contribution in [-0.2, 0) is 4.74 Å². The highest BCUT2D eigenvalue weighted by molar-refractivity contribution is 5.78. The predicted molar refractivity (Wildman–Crippen MR) is 76.2 cm³/mol. The average Bonchev–Trinajstić information content (AvgIpc) is 3.15. The van der Waals surface area contributed by atoms with Crippen LogP contribution in [0.4, 0.5) is 0 Å². The normalized spacial score (nSPS) is 33.9. The summed E-state index contributed by atoms with van der Waals surface area (Å²) >= 11 is 0. The highest BCUT2D eigenvalue weighted by atomic mass is 16.5. The van der Waals surface area contributed by atoms with Gasteiger partial charge in [0, 0.05) is 32.2 Å². The Morgan fingerprint density at radius 2 is 2.11 bits per heavy atom. The van der Waals surface area contributed by atoms with Crippen molar-refractivity contribution in [2.45, 2.75) is 38.3 Å². The van der Waals surface area contributed by atoms with Gasteiger partial charge >= 0.3 is 0 Å². The summed E-state index contributed by atoms with van der Waals surface area (Å²) in [5.74, 6) is 1.41. The van der Waals surface area contributed by atoms with Gasteiger partial charge in [0.2, 0.25) is 0 Å². The fraction of sp³-hybridized carbons (Fsp3) is 0.929. The summed E-state index contributed by atoms with van der Waals surface area (Å²) in [6, 6.07) is 0.895. The quantitative estimate of drug-likeness (QED) is 0.597. The zero-order valence-electron chi connectivity index (χ0n) is 11.9. The number of hydrogen-bond acceptors (Lipinski definition) is 3. The Morgan fingerprint density at radius 1 is 1.26 bits per heavy atom. The second kappa shape index (κ2) is 5.67. The summed E-state index contributed by atoms with van der Waals surface area (Å²) in [7, 11) is 0. The monoisotopic (exact) mass is 266 g/mol. The van der Waals surface area contributed by atoms with Crippen molar-refractivity contribution < 1.29 is 4.74 Å². The largest absolute Gasteiger partial charge is 0.375 e. The summed E-state index contributed by atoms with van der Waals surface area (Å²) in [4.78, 5) is 9.40. The topological polar surface area (TPSA) is 54.1 Å². The van der Waals surface area contributed by atoms with Crippen molar-refractivity contribution in [2.75, 3.05) is 39.3 Å². The molecule has 2 N–H and O–H groups in total. The third-order valence-electron chi connectivity index (χ3n) is 4.46. The van der Waals surface area contributed by atoms with Crippen LogP contribution in [0.25, 0.3) is 0 Å². The molecule has 0 bridgehead atoms. The zero-order chi connectivity index (χ0) is 13.2. The molecule has 0 aromatic rings. The minimum absolute atomic E-state index is 0.263. The number of nitrogens with zero attached hydrogens (tertiary/aromatic N) is 3. The number of ether oxygens (including phenoxy) is 1. The molecule has 2 atom stereocenters. The molecule has 0 spiro atoms. The van der Waals surface area contributed by atoms with Crippen molar-refractivity contribution in [3.05, 3.63) is 0 Å². The maximum Gasteiger partial charge on any atom is 0.191 e. The standard InChI is InChI=1S/C14H26N4O/c1-11-9-18(6-7-19-11)14(15)16-8-12-4-5-17(10-12)13-2-3-13/h11-13H,2-10H2,1H3,(H2,15,16). The van der Waals surface area contributed by atoms with Crippen molar-refractivity contribution >= 4 is 5.96 Å². The van der Waals surface area contributed by atoms with Crippen LogP contribution in [0.5, 0.6) is 0 Å². The van der Waals surface area contributed by atoms with Crippen molar-refractivity contribution in [1.29, 1.82) is 0 Å². The first-order valence-corrected chi connectivity index (χ1v) is 7.63.